The van der Waals surface area contributed by atoms with Gasteiger partial charge >= 0.3 is 6.18 Å². The highest BCUT2D eigenvalue weighted by molar-refractivity contribution is 7.15. The number of nitrogens with zero attached hydrogens (tertiary/aromatic N) is 3. The number of aryl methyl sites for hydroxylation is 2. The van der Waals surface area contributed by atoms with Gasteiger partial charge in [0.15, 0.2) is 5.82 Å². The molecule has 0 fully saturated rings. The van der Waals surface area contributed by atoms with Gasteiger partial charge in [0, 0.05) is 24.4 Å². The Labute approximate surface area is 180 Å². The molecule has 31 heavy (non-hydrogen) atoms. The van der Waals surface area contributed by atoms with E-state index >= 15 is 0 Å². The molecule has 9 heteroatoms. The minimum absolute atomic E-state index is 0.0818. The average molecular weight is 442 g/mol. The van der Waals surface area contributed by atoms with E-state index in [2.05, 4.69) is 15.4 Å². The number of hydrogen-bond acceptors (Lipinski definition) is 4. The summed E-state index contributed by atoms with van der Waals surface area (Å²) in [6.07, 6.45) is -3.03. The molecular weight excluding hydrogens is 425 g/mol. The first-order chi connectivity index (χ1) is 14.7. The van der Waals surface area contributed by atoms with Crippen LogP contribution in [0.4, 0.5) is 19.0 Å². The highest BCUT2D eigenvalue weighted by Gasteiger charge is 2.34. The van der Waals surface area contributed by atoms with Crippen molar-refractivity contribution in [2.24, 2.45) is 7.05 Å². The van der Waals surface area contributed by atoms with Crippen molar-refractivity contribution in [1.29, 1.82) is 0 Å². The lowest BCUT2D eigenvalue weighted by atomic mass is 10.0. The molecule has 4 rings (SSSR count). The van der Waals surface area contributed by atoms with Crippen molar-refractivity contribution in [3.63, 3.8) is 0 Å². The van der Waals surface area contributed by atoms with Crippen molar-refractivity contribution in [2.45, 2.75) is 13.1 Å². The summed E-state index contributed by atoms with van der Waals surface area (Å²) >= 11 is 1.43. The van der Waals surface area contributed by atoms with Crippen LogP contribution in [-0.4, -0.2) is 20.7 Å². The topological polar surface area (TPSA) is 59.8 Å². The van der Waals surface area contributed by atoms with E-state index in [0.717, 1.165) is 27.6 Å². The van der Waals surface area contributed by atoms with Gasteiger partial charge in [0.1, 0.15) is 0 Å². The number of rotatable bonds is 4. The zero-order chi connectivity index (χ0) is 22.2. The third kappa shape index (κ3) is 4.36. The Kier molecular flexibility index (Phi) is 5.36. The van der Waals surface area contributed by atoms with Crippen LogP contribution in [0, 0.1) is 6.92 Å². The van der Waals surface area contributed by atoms with Crippen molar-refractivity contribution >= 4 is 23.1 Å². The van der Waals surface area contributed by atoms with E-state index in [1.54, 1.807) is 13.2 Å². The summed E-state index contributed by atoms with van der Waals surface area (Å²) in [7, 11) is 1.61. The molecule has 0 saturated carbocycles. The second-order valence-corrected chi connectivity index (χ2v) is 8.07. The van der Waals surface area contributed by atoms with Gasteiger partial charge in [-0.15, -0.1) is 11.3 Å². The first-order valence-corrected chi connectivity index (χ1v) is 10.1. The minimum atomic E-state index is -4.58. The van der Waals surface area contributed by atoms with Gasteiger partial charge in [-0.1, -0.05) is 30.3 Å². The van der Waals surface area contributed by atoms with Crippen molar-refractivity contribution in [2.75, 3.05) is 5.32 Å². The van der Waals surface area contributed by atoms with Crippen LogP contribution >= 0.6 is 11.3 Å². The van der Waals surface area contributed by atoms with Crippen LogP contribution in [0.2, 0.25) is 0 Å². The van der Waals surface area contributed by atoms with Crippen molar-refractivity contribution in [1.82, 2.24) is 14.8 Å². The predicted molar refractivity (Wildman–Crippen MR) is 114 cm³/mol. The predicted octanol–water partition coefficient (Wildman–Crippen LogP) is 5.79. The van der Waals surface area contributed by atoms with Gasteiger partial charge < -0.3 is 5.32 Å². The number of benzene rings is 2. The van der Waals surface area contributed by atoms with Gasteiger partial charge in [0.2, 0.25) is 0 Å². The van der Waals surface area contributed by atoms with Crippen molar-refractivity contribution < 1.29 is 18.0 Å². The highest BCUT2D eigenvalue weighted by atomic mass is 32.1. The van der Waals surface area contributed by atoms with Crippen LogP contribution in [0.15, 0.2) is 60.8 Å². The Hall–Kier alpha value is -3.46. The number of thiazole rings is 1. The lowest BCUT2D eigenvalue weighted by molar-refractivity contribution is -0.137. The number of carbonyl (C=O) groups excluding carboxylic acids is 1. The first-order valence-electron chi connectivity index (χ1n) is 9.28. The molecule has 0 saturated heterocycles. The molecule has 2 aromatic carbocycles. The maximum absolute atomic E-state index is 13.5. The number of nitrogens with one attached hydrogen (secondary N) is 1. The Morgan fingerprint density at radius 3 is 2.48 bits per heavy atom. The molecule has 0 spiro atoms. The fraction of sp³-hybridized carbons (Fsp3) is 0.136. The van der Waals surface area contributed by atoms with Gasteiger partial charge in [0.05, 0.1) is 21.1 Å². The molecule has 1 N–H and O–H groups in total. The number of halogens is 3. The molecule has 1 amide bonds. The van der Waals surface area contributed by atoms with Gasteiger partial charge in [-0.3, -0.25) is 9.48 Å². The van der Waals surface area contributed by atoms with E-state index in [1.807, 2.05) is 37.3 Å². The van der Waals surface area contributed by atoms with Crippen LogP contribution in [0.1, 0.15) is 20.9 Å². The fourth-order valence-corrected chi connectivity index (χ4v) is 4.06. The Morgan fingerprint density at radius 2 is 1.84 bits per heavy atom. The van der Waals surface area contributed by atoms with Crippen LogP contribution in [0.25, 0.3) is 21.7 Å². The molecule has 0 unspecified atom stereocenters. The molecule has 2 aromatic heterocycles. The smallest absolute Gasteiger partial charge is 0.305 e. The molecule has 4 aromatic rings. The van der Waals surface area contributed by atoms with Crippen molar-refractivity contribution in [3.05, 3.63) is 76.9 Å². The Bertz CT molecular complexity index is 1250. The second-order valence-electron chi connectivity index (χ2n) is 6.86. The van der Waals surface area contributed by atoms with Gasteiger partial charge in [0.25, 0.3) is 5.91 Å². The lowest BCUT2D eigenvalue weighted by Gasteiger charge is -2.13. The summed E-state index contributed by atoms with van der Waals surface area (Å²) in [5.74, 6) is -0.175. The number of amides is 1. The molecule has 5 nitrogen and oxygen atoms in total. The lowest BCUT2D eigenvalue weighted by Crippen LogP contribution is -2.15. The zero-order valence-electron chi connectivity index (χ0n) is 16.6. The maximum atomic E-state index is 13.5. The molecule has 158 valence electrons. The van der Waals surface area contributed by atoms with Gasteiger partial charge in [-0.05, 0) is 36.8 Å². The molecule has 0 radical (unpaired) electrons. The highest BCUT2D eigenvalue weighted by Crippen LogP contribution is 2.38. The van der Waals surface area contributed by atoms with E-state index < -0.39 is 17.6 Å². The van der Waals surface area contributed by atoms with Gasteiger partial charge in [-0.2, -0.15) is 18.3 Å². The van der Waals surface area contributed by atoms with E-state index in [-0.39, 0.29) is 16.8 Å². The van der Waals surface area contributed by atoms with Crippen molar-refractivity contribution in [3.8, 4) is 21.7 Å². The molecule has 0 aliphatic heterocycles. The monoisotopic (exact) mass is 442 g/mol. The largest absolute Gasteiger partial charge is 0.417 e. The summed E-state index contributed by atoms with van der Waals surface area (Å²) in [5, 5.41) is 7.57. The number of aromatic nitrogens is 3. The summed E-state index contributed by atoms with van der Waals surface area (Å²) in [6, 6.07) is 14.2. The molecule has 0 bridgehead atoms. The Balaban J connectivity index is 1.71. The van der Waals surface area contributed by atoms with Crippen LogP contribution in [-0.2, 0) is 13.2 Å². The molecular formula is C22H17F3N4OS. The summed E-state index contributed by atoms with van der Waals surface area (Å²) in [5.41, 5.74) is 0.109. The third-order valence-corrected chi connectivity index (χ3v) is 5.60. The number of anilines is 1. The van der Waals surface area contributed by atoms with Crippen LogP contribution in [0.5, 0.6) is 0 Å². The minimum Gasteiger partial charge on any atom is -0.305 e. The van der Waals surface area contributed by atoms with Crippen LogP contribution < -0.4 is 5.32 Å². The van der Waals surface area contributed by atoms with Crippen LogP contribution in [0.3, 0.4) is 0 Å². The number of alkyl halides is 3. The molecule has 0 atom stereocenters. The zero-order valence-corrected chi connectivity index (χ0v) is 17.4. The maximum Gasteiger partial charge on any atom is 0.417 e. The summed E-state index contributed by atoms with van der Waals surface area (Å²) in [4.78, 5) is 18.1. The van der Waals surface area contributed by atoms with Gasteiger partial charge in [-0.25, -0.2) is 4.98 Å². The molecule has 0 aliphatic carbocycles. The van der Waals surface area contributed by atoms with E-state index in [9.17, 15) is 18.0 Å². The number of carbonyl (C=O) groups is 1. The number of hydrogen-bond donors (Lipinski definition) is 1. The summed E-state index contributed by atoms with van der Waals surface area (Å²) in [6.45, 7) is 1.82. The quantitative estimate of drug-likeness (QED) is 0.435. The standard InChI is InChI=1S/C22H17F3N4OS/c1-13-26-20(19(31-13)14-6-4-3-5-7-14)27-21(30)15-8-9-17(22(23,24)25)16(12-15)18-10-11-29(2)28-18/h3-12H,1-2H3,(H,27,30). The second kappa shape index (κ2) is 7.99. The average Bonchev–Trinajstić information content (AvgIpc) is 3.33. The van der Waals surface area contributed by atoms with E-state index in [1.165, 1.54) is 28.2 Å². The Morgan fingerprint density at radius 1 is 1.10 bits per heavy atom. The van der Waals surface area contributed by atoms with E-state index in [4.69, 9.17) is 0 Å². The molecule has 0 aliphatic rings. The summed E-state index contributed by atoms with van der Waals surface area (Å²) < 4.78 is 42.0. The third-order valence-electron chi connectivity index (χ3n) is 4.58. The first kappa shape index (κ1) is 20.8. The van der Waals surface area contributed by atoms with E-state index in [0.29, 0.717) is 5.82 Å². The normalized spacial score (nSPS) is 11.5. The SMILES string of the molecule is Cc1nc(NC(=O)c2ccc(C(F)(F)F)c(-c3ccn(C)n3)c2)c(-c2ccccc2)s1. The molecule has 2 heterocycles. The fourth-order valence-electron chi connectivity index (χ4n) is 3.18.